The van der Waals surface area contributed by atoms with Crippen molar-refractivity contribution in [2.24, 2.45) is 5.92 Å². The zero-order chi connectivity index (χ0) is 22.9. The molecule has 1 aromatic carbocycles. The molecule has 170 valence electrons. The minimum atomic E-state index is 0.0398. The van der Waals surface area contributed by atoms with Crippen LogP contribution in [0, 0.1) is 19.8 Å². The number of carbonyl (C=O) groups excluding carboxylic acids is 1. The van der Waals surface area contributed by atoms with Gasteiger partial charge in [-0.25, -0.2) is 15.0 Å². The smallest absolute Gasteiger partial charge is 0.223 e. The number of thiophene rings is 1. The Balaban J connectivity index is 1.27. The normalized spacial score (nSPS) is 14.8. The lowest BCUT2D eigenvalue weighted by Gasteiger charge is -2.32. The van der Waals surface area contributed by atoms with E-state index in [4.69, 9.17) is 4.98 Å². The van der Waals surface area contributed by atoms with E-state index in [1.165, 1.54) is 10.5 Å². The Bertz CT molecular complexity index is 1310. The second-order valence-electron chi connectivity index (χ2n) is 8.56. The third kappa shape index (κ3) is 4.42. The second kappa shape index (κ2) is 9.27. The summed E-state index contributed by atoms with van der Waals surface area (Å²) in [6.45, 7) is 6.34. The molecule has 1 fully saturated rings. The maximum atomic E-state index is 12.8. The van der Waals surface area contributed by atoms with Gasteiger partial charge in [0.2, 0.25) is 5.91 Å². The highest BCUT2D eigenvalue weighted by Gasteiger charge is 2.27. The molecule has 0 spiro atoms. The number of amides is 1. The summed E-state index contributed by atoms with van der Waals surface area (Å²) in [5.41, 5.74) is 4.34. The lowest BCUT2D eigenvalue weighted by atomic mass is 9.95. The first kappa shape index (κ1) is 22.1. The number of carbonyl (C=O) groups is 1. The van der Waals surface area contributed by atoms with Gasteiger partial charge in [0.05, 0.1) is 10.2 Å². The number of benzene rings is 1. The molecule has 0 bridgehead atoms. The van der Waals surface area contributed by atoms with E-state index in [2.05, 4.69) is 63.7 Å². The monoisotopic (exact) mass is 477 g/mol. The lowest BCUT2D eigenvalue weighted by molar-refractivity contribution is -0.125. The van der Waals surface area contributed by atoms with Crippen LogP contribution in [0.5, 0.6) is 0 Å². The minimum Gasteiger partial charge on any atom is -0.355 e. The van der Waals surface area contributed by atoms with Crippen LogP contribution in [0.1, 0.15) is 29.7 Å². The first-order chi connectivity index (χ1) is 16.0. The van der Waals surface area contributed by atoms with Gasteiger partial charge in [0, 0.05) is 41.5 Å². The Morgan fingerprint density at radius 2 is 1.94 bits per heavy atom. The van der Waals surface area contributed by atoms with Crippen LogP contribution in [-0.2, 0) is 11.3 Å². The number of hydrogen-bond donors (Lipinski definition) is 1. The molecule has 3 aromatic heterocycles. The lowest BCUT2D eigenvalue weighted by Crippen LogP contribution is -2.40. The van der Waals surface area contributed by atoms with Crippen LogP contribution in [0.15, 0.2) is 41.6 Å². The molecule has 33 heavy (non-hydrogen) atoms. The summed E-state index contributed by atoms with van der Waals surface area (Å²) < 4.78 is 1.09. The Labute approximate surface area is 201 Å². The summed E-state index contributed by atoms with van der Waals surface area (Å²) in [7, 11) is 0. The Morgan fingerprint density at radius 3 is 2.67 bits per heavy atom. The molecular weight excluding hydrogens is 450 g/mol. The maximum absolute atomic E-state index is 12.8. The van der Waals surface area contributed by atoms with Gasteiger partial charge in [-0.2, -0.15) is 0 Å². The molecule has 1 aliphatic rings. The quantitative estimate of drug-likeness (QED) is 0.403. The van der Waals surface area contributed by atoms with Crippen LogP contribution < -0.4 is 10.2 Å². The van der Waals surface area contributed by atoms with Crippen molar-refractivity contribution < 1.29 is 4.79 Å². The van der Waals surface area contributed by atoms with Gasteiger partial charge >= 0.3 is 0 Å². The van der Waals surface area contributed by atoms with Gasteiger partial charge in [0.15, 0.2) is 0 Å². The number of thioether (sulfide) groups is 1. The highest BCUT2D eigenvalue weighted by molar-refractivity contribution is 7.98. The zero-order valence-electron chi connectivity index (χ0n) is 19.1. The molecule has 5 rings (SSSR count). The van der Waals surface area contributed by atoms with Crippen LogP contribution in [0.3, 0.4) is 0 Å². The topological polar surface area (TPSA) is 71.0 Å². The molecule has 0 radical (unpaired) electrons. The van der Waals surface area contributed by atoms with Crippen molar-refractivity contribution in [2.45, 2.75) is 38.1 Å². The standard InChI is InChI=1S/C25H27N5OS2/c1-15-12-16(2)29-25-20(15)21-22(33-25)23(28-14-27-21)30-10-8-18(9-11-30)24(31)26-13-17-4-6-19(32-3)7-5-17/h4-7,12,14,18H,8-11,13H2,1-3H3,(H,26,31). The third-order valence-corrected chi connectivity index (χ3v) is 8.14. The van der Waals surface area contributed by atoms with Crippen molar-refractivity contribution >= 4 is 55.3 Å². The fraction of sp³-hybridized carbons (Fsp3) is 0.360. The Morgan fingerprint density at radius 1 is 1.18 bits per heavy atom. The van der Waals surface area contributed by atoms with Crippen LogP contribution >= 0.6 is 23.1 Å². The molecule has 4 aromatic rings. The number of aromatic nitrogens is 3. The molecule has 6 nitrogen and oxygen atoms in total. The molecule has 0 unspecified atom stereocenters. The summed E-state index contributed by atoms with van der Waals surface area (Å²) in [5, 5.41) is 4.25. The van der Waals surface area contributed by atoms with Gasteiger partial charge in [-0.1, -0.05) is 12.1 Å². The first-order valence-corrected chi connectivity index (χ1v) is 13.2. The molecule has 0 aliphatic carbocycles. The Kier molecular flexibility index (Phi) is 6.21. The van der Waals surface area contributed by atoms with Crippen molar-refractivity contribution in [1.29, 1.82) is 0 Å². The number of rotatable bonds is 5. The van der Waals surface area contributed by atoms with Crippen molar-refractivity contribution in [3.63, 3.8) is 0 Å². The highest BCUT2D eigenvalue weighted by Crippen LogP contribution is 2.38. The van der Waals surface area contributed by atoms with Crippen molar-refractivity contribution in [1.82, 2.24) is 20.3 Å². The number of piperidine rings is 1. The van der Waals surface area contributed by atoms with Gasteiger partial charge < -0.3 is 10.2 Å². The van der Waals surface area contributed by atoms with E-state index in [9.17, 15) is 4.79 Å². The molecule has 0 atom stereocenters. The molecule has 1 N–H and O–H groups in total. The van der Waals surface area contributed by atoms with E-state index >= 15 is 0 Å². The summed E-state index contributed by atoms with van der Waals surface area (Å²) in [5.74, 6) is 1.15. The van der Waals surface area contributed by atoms with Gasteiger partial charge in [-0.15, -0.1) is 23.1 Å². The number of nitrogens with zero attached hydrogens (tertiary/aromatic N) is 4. The number of hydrogen-bond acceptors (Lipinski definition) is 7. The van der Waals surface area contributed by atoms with E-state index in [-0.39, 0.29) is 11.8 Å². The molecule has 4 heterocycles. The summed E-state index contributed by atoms with van der Waals surface area (Å²) >= 11 is 3.39. The third-order valence-electron chi connectivity index (χ3n) is 6.32. The molecule has 8 heteroatoms. The molecule has 0 saturated carbocycles. The van der Waals surface area contributed by atoms with E-state index in [0.29, 0.717) is 6.54 Å². The number of aryl methyl sites for hydroxylation is 2. The van der Waals surface area contributed by atoms with Crippen LogP contribution in [0.2, 0.25) is 0 Å². The fourth-order valence-corrected chi connectivity index (χ4v) is 6.23. The largest absolute Gasteiger partial charge is 0.355 e. The number of anilines is 1. The first-order valence-electron chi connectivity index (χ1n) is 11.2. The van der Waals surface area contributed by atoms with E-state index in [1.54, 1.807) is 29.4 Å². The van der Waals surface area contributed by atoms with Gasteiger partial charge in [-0.3, -0.25) is 4.79 Å². The average molecular weight is 478 g/mol. The fourth-order valence-electron chi connectivity index (χ4n) is 4.55. The van der Waals surface area contributed by atoms with Gasteiger partial charge in [0.1, 0.15) is 17.0 Å². The summed E-state index contributed by atoms with van der Waals surface area (Å²) in [6, 6.07) is 10.5. The average Bonchev–Trinajstić information content (AvgIpc) is 3.21. The van der Waals surface area contributed by atoms with Crippen LogP contribution in [0.4, 0.5) is 5.82 Å². The maximum Gasteiger partial charge on any atom is 0.223 e. The molecule has 1 amide bonds. The van der Waals surface area contributed by atoms with Gasteiger partial charge in [-0.05, 0) is 62.3 Å². The van der Waals surface area contributed by atoms with Gasteiger partial charge in [0.25, 0.3) is 0 Å². The molecular formula is C25H27N5OS2. The minimum absolute atomic E-state index is 0.0398. The predicted octanol–water partition coefficient (Wildman–Crippen LogP) is 5.11. The van der Waals surface area contributed by atoms with Crippen LogP contribution in [-0.4, -0.2) is 40.2 Å². The van der Waals surface area contributed by atoms with E-state index in [0.717, 1.165) is 63.4 Å². The molecule has 1 saturated heterocycles. The van der Waals surface area contributed by atoms with Crippen molar-refractivity contribution in [3.05, 3.63) is 53.5 Å². The van der Waals surface area contributed by atoms with Crippen LogP contribution in [0.25, 0.3) is 20.4 Å². The summed E-state index contributed by atoms with van der Waals surface area (Å²) in [4.78, 5) is 31.3. The molecule has 1 aliphatic heterocycles. The highest BCUT2D eigenvalue weighted by atomic mass is 32.2. The number of fused-ring (bicyclic) bond motifs is 3. The number of nitrogens with one attached hydrogen (secondary N) is 1. The van der Waals surface area contributed by atoms with E-state index in [1.807, 2.05) is 6.92 Å². The summed E-state index contributed by atoms with van der Waals surface area (Å²) in [6.07, 6.45) is 5.37. The second-order valence-corrected chi connectivity index (χ2v) is 10.4. The predicted molar refractivity (Wildman–Crippen MR) is 137 cm³/mol. The van der Waals surface area contributed by atoms with Crippen molar-refractivity contribution in [2.75, 3.05) is 24.2 Å². The van der Waals surface area contributed by atoms with E-state index < -0.39 is 0 Å². The SMILES string of the molecule is CSc1ccc(CNC(=O)C2CCN(c3ncnc4c3sc3nc(C)cc(C)c34)CC2)cc1. The van der Waals surface area contributed by atoms with Crippen molar-refractivity contribution in [3.8, 4) is 0 Å². The number of pyridine rings is 1. The Hall–Kier alpha value is -2.71. The zero-order valence-corrected chi connectivity index (χ0v) is 20.7.